The molecule has 1 heterocycles. The number of amides is 1. The van der Waals surface area contributed by atoms with Crippen molar-refractivity contribution in [2.24, 2.45) is 22.2 Å². The van der Waals surface area contributed by atoms with E-state index in [1.54, 1.807) is 25.1 Å². The van der Waals surface area contributed by atoms with Gasteiger partial charge in [0.1, 0.15) is 16.8 Å². The Labute approximate surface area is 178 Å². The number of aryl methyl sites for hydroxylation is 1. The van der Waals surface area contributed by atoms with Crippen LogP contribution in [0.1, 0.15) is 30.0 Å². The highest BCUT2D eigenvalue weighted by molar-refractivity contribution is 6.29. The number of benzene rings is 1. The number of nitrogens with zero attached hydrogens (tertiary/aromatic N) is 3. The van der Waals surface area contributed by atoms with Crippen molar-refractivity contribution in [3.63, 3.8) is 0 Å². The zero-order valence-electron chi connectivity index (χ0n) is 16.7. The van der Waals surface area contributed by atoms with Gasteiger partial charge in [0.2, 0.25) is 0 Å². The first kappa shape index (κ1) is 22.8. The summed E-state index contributed by atoms with van der Waals surface area (Å²) < 4.78 is 6.93. The highest BCUT2D eigenvalue weighted by atomic mass is 35.5. The second-order valence-corrected chi connectivity index (χ2v) is 6.49. The van der Waals surface area contributed by atoms with Gasteiger partial charge < -0.3 is 31.8 Å². The molecule has 0 atom stereocenters. The highest BCUT2D eigenvalue weighted by Crippen LogP contribution is 2.19. The Bertz CT molecular complexity index is 1050. The lowest BCUT2D eigenvalue weighted by Crippen LogP contribution is -2.32. The van der Waals surface area contributed by atoms with Crippen LogP contribution in [0.4, 0.5) is 0 Å². The monoisotopic (exact) mass is 433 g/mol. The number of fused-ring (bicyclic) bond motifs is 1. The molecule has 0 aliphatic heterocycles. The largest absolute Gasteiger partial charge is 0.462 e. The summed E-state index contributed by atoms with van der Waals surface area (Å²) in [7, 11) is 0. The number of aromatic nitrogens is 2. The molecule has 1 amide bonds. The van der Waals surface area contributed by atoms with Crippen molar-refractivity contribution >= 4 is 40.3 Å². The van der Waals surface area contributed by atoms with Crippen LogP contribution in [0.3, 0.4) is 0 Å². The number of hydrogen-bond acceptors (Lipinski definition) is 7. The Morgan fingerprint density at radius 1 is 1.30 bits per heavy atom. The van der Waals surface area contributed by atoms with Crippen LogP contribution in [0.2, 0.25) is 0 Å². The minimum Gasteiger partial charge on any atom is -0.462 e. The Hall–Kier alpha value is -3.53. The molecule has 0 saturated carbocycles. The fourth-order valence-electron chi connectivity index (χ4n) is 2.64. The van der Waals surface area contributed by atoms with Gasteiger partial charge in [0.25, 0.3) is 5.91 Å². The summed E-state index contributed by atoms with van der Waals surface area (Å²) in [6.07, 6.45) is 0. The SMILES string of the molecule is C=C(C(=O)NCc1nc2cc(C(=O)OCC)ccc2n1CC)/C(N)=N\C(N)=C(/N)Cl. The first-order valence-electron chi connectivity index (χ1n) is 9.08. The molecule has 11 heteroatoms. The number of amidine groups is 1. The highest BCUT2D eigenvalue weighted by Gasteiger charge is 2.16. The van der Waals surface area contributed by atoms with Crippen molar-refractivity contribution in [2.75, 3.05) is 6.61 Å². The number of ether oxygens (including phenoxy) is 1. The molecule has 160 valence electrons. The minimum absolute atomic E-state index is 0.0976. The fourth-order valence-corrected chi connectivity index (χ4v) is 2.68. The predicted molar refractivity (Wildman–Crippen MR) is 115 cm³/mol. The van der Waals surface area contributed by atoms with E-state index in [4.69, 9.17) is 33.5 Å². The Balaban J connectivity index is 2.20. The molecule has 2 rings (SSSR count). The van der Waals surface area contributed by atoms with Crippen LogP contribution >= 0.6 is 11.6 Å². The first-order valence-corrected chi connectivity index (χ1v) is 9.45. The Morgan fingerprint density at radius 3 is 2.60 bits per heavy atom. The van der Waals surface area contributed by atoms with Crippen molar-refractivity contribution in [3.8, 4) is 0 Å². The molecule has 0 fully saturated rings. The van der Waals surface area contributed by atoms with Gasteiger partial charge in [-0.2, -0.15) is 0 Å². The van der Waals surface area contributed by atoms with E-state index in [-0.39, 0.29) is 35.5 Å². The quantitative estimate of drug-likeness (QED) is 0.159. The molecule has 0 spiro atoms. The van der Waals surface area contributed by atoms with Crippen molar-refractivity contribution in [1.82, 2.24) is 14.9 Å². The topological polar surface area (TPSA) is 164 Å². The van der Waals surface area contributed by atoms with Crippen LogP contribution in [0, 0.1) is 0 Å². The molecule has 0 aliphatic rings. The lowest BCUT2D eigenvalue weighted by Gasteiger charge is -2.09. The zero-order valence-corrected chi connectivity index (χ0v) is 17.5. The van der Waals surface area contributed by atoms with Crippen LogP contribution in [0.5, 0.6) is 0 Å². The van der Waals surface area contributed by atoms with Gasteiger partial charge in [-0.3, -0.25) is 4.79 Å². The van der Waals surface area contributed by atoms with E-state index in [9.17, 15) is 9.59 Å². The summed E-state index contributed by atoms with van der Waals surface area (Å²) in [5, 5.41) is 2.43. The Morgan fingerprint density at radius 2 is 2.00 bits per heavy atom. The van der Waals surface area contributed by atoms with Crippen molar-refractivity contribution in [3.05, 3.63) is 52.7 Å². The third-order valence-electron chi connectivity index (χ3n) is 4.13. The van der Waals surface area contributed by atoms with Crippen LogP contribution in [0.25, 0.3) is 11.0 Å². The number of rotatable bonds is 8. The van der Waals surface area contributed by atoms with Crippen LogP contribution in [0.15, 0.2) is 46.3 Å². The van der Waals surface area contributed by atoms with Gasteiger partial charge in [-0.1, -0.05) is 18.2 Å². The van der Waals surface area contributed by atoms with E-state index in [1.807, 2.05) is 11.5 Å². The summed E-state index contributed by atoms with van der Waals surface area (Å²) in [5.74, 6) is -0.809. The molecule has 30 heavy (non-hydrogen) atoms. The summed E-state index contributed by atoms with van der Waals surface area (Å²) >= 11 is 5.52. The van der Waals surface area contributed by atoms with Gasteiger partial charge in [-0.05, 0) is 32.0 Å². The summed E-state index contributed by atoms with van der Waals surface area (Å²) in [4.78, 5) is 32.5. The van der Waals surface area contributed by atoms with Crippen molar-refractivity contribution < 1.29 is 14.3 Å². The van der Waals surface area contributed by atoms with Crippen LogP contribution in [-0.2, 0) is 22.6 Å². The lowest BCUT2D eigenvalue weighted by atomic mass is 10.2. The number of hydrogen-bond donors (Lipinski definition) is 4. The van der Waals surface area contributed by atoms with Crippen molar-refractivity contribution in [1.29, 1.82) is 0 Å². The van der Waals surface area contributed by atoms with Gasteiger partial charge in [0.05, 0.1) is 35.3 Å². The molecule has 0 aliphatic carbocycles. The number of aliphatic imine (C=N–C) groups is 1. The van der Waals surface area contributed by atoms with E-state index >= 15 is 0 Å². The van der Waals surface area contributed by atoms with Crippen LogP contribution < -0.4 is 22.5 Å². The van der Waals surface area contributed by atoms with Gasteiger partial charge >= 0.3 is 5.97 Å². The van der Waals surface area contributed by atoms with E-state index in [0.29, 0.717) is 23.4 Å². The molecule has 0 saturated heterocycles. The second-order valence-electron chi connectivity index (χ2n) is 6.09. The average Bonchev–Trinajstić information content (AvgIpc) is 3.07. The van der Waals surface area contributed by atoms with E-state index in [0.717, 1.165) is 5.52 Å². The number of nitrogens with two attached hydrogens (primary N) is 3. The number of imidazole rings is 1. The number of esters is 1. The zero-order chi connectivity index (χ0) is 22.4. The molecular weight excluding hydrogens is 410 g/mol. The molecular formula is C19H24ClN7O3. The number of carbonyl (C=O) groups excluding carboxylic acids is 2. The van der Waals surface area contributed by atoms with Gasteiger partial charge in [-0.25, -0.2) is 14.8 Å². The maximum Gasteiger partial charge on any atom is 0.338 e. The minimum atomic E-state index is -0.556. The summed E-state index contributed by atoms with van der Waals surface area (Å²) in [6.45, 7) is 8.29. The van der Waals surface area contributed by atoms with Gasteiger partial charge in [0, 0.05) is 6.54 Å². The third-order valence-corrected chi connectivity index (χ3v) is 4.32. The molecule has 0 bridgehead atoms. The second kappa shape index (κ2) is 9.79. The normalized spacial score (nSPS) is 12.4. The molecule has 7 N–H and O–H groups in total. The predicted octanol–water partition coefficient (Wildman–Crippen LogP) is 1.05. The molecule has 0 unspecified atom stereocenters. The maximum atomic E-state index is 12.3. The Kier molecular flexibility index (Phi) is 7.43. The fraction of sp³-hybridized carbons (Fsp3) is 0.263. The third kappa shape index (κ3) is 5.09. The molecule has 2 aromatic rings. The number of nitrogens with one attached hydrogen (secondary N) is 1. The summed E-state index contributed by atoms with van der Waals surface area (Å²) in [5.41, 5.74) is 18.2. The van der Waals surface area contributed by atoms with Gasteiger partial charge in [-0.15, -0.1) is 0 Å². The van der Waals surface area contributed by atoms with Crippen LogP contribution in [-0.4, -0.2) is 33.9 Å². The molecule has 1 aromatic carbocycles. The van der Waals surface area contributed by atoms with Crippen molar-refractivity contribution in [2.45, 2.75) is 26.9 Å². The number of halogens is 1. The van der Waals surface area contributed by atoms with E-state index in [2.05, 4.69) is 21.9 Å². The molecule has 0 radical (unpaired) electrons. The molecule has 1 aromatic heterocycles. The lowest BCUT2D eigenvalue weighted by molar-refractivity contribution is -0.117. The molecule has 10 nitrogen and oxygen atoms in total. The van der Waals surface area contributed by atoms with E-state index in [1.165, 1.54) is 0 Å². The van der Waals surface area contributed by atoms with Gasteiger partial charge in [0.15, 0.2) is 5.82 Å². The standard InChI is InChI=1S/C19H24ClN7O3/c1-4-27-13-7-6-11(19(29)30-5-2)8-12(13)25-14(27)9-24-18(28)10(3)16(22)26-17(23)15(20)21/h6-8H,3-5,9,21,23H2,1-2H3,(H2,22,26)(H,24,28)/b17-15-. The maximum absolute atomic E-state index is 12.3. The average molecular weight is 434 g/mol. The van der Waals surface area contributed by atoms with E-state index < -0.39 is 11.9 Å². The summed E-state index contributed by atoms with van der Waals surface area (Å²) in [6, 6.07) is 5.12. The number of carbonyl (C=O) groups is 2. The smallest absolute Gasteiger partial charge is 0.338 e. The first-order chi connectivity index (χ1) is 14.2.